The first-order valence-electron chi connectivity index (χ1n) is 11.6. The van der Waals surface area contributed by atoms with Crippen molar-refractivity contribution in [2.75, 3.05) is 26.1 Å². The van der Waals surface area contributed by atoms with Crippen LogP contribution >= 0.6 is 12.2 Å². The fourth-order valence-electron chi connectivity index (χ4n) is 3.92. The highest BCUT2D eigenvalue weighted by molar-refractivity contribution is 7.80. The SMILES string of the molecule is CCOc1ccc(NC(=S)N(Cc2ccccc2OC)Cc2cc3ccc(OC)cc3[nH]c2=O)cc1. The fraction of sp³-hybridized carbons (Fsp3) is 0.214. The topological polar surface area (TPSA) is 75.8 Å². The maximum Gasteiger partial charge on any atom is 0.253 e. The number of anilines is 1. The molecular weight excluding hydrogens is 474 g/mol. The molecule has 2 N–H and O–H groups in total. The van der Waals surface area contributed by atoms with Crippen LogP contribution in [0.5, 0.6) is 17.2 Å². The van der Waals surface area contributed by atoms with Crippen molar-refractivity contribution in [2.45, 2.75) is 20.0 Å². The quantitative estimate of drug-likeness (QED) is 0.299. The molecule has 3 aromatic carbocycles. The predicted molar refractivity (Wildman–Crippen MR) is 147 cm³/mol. The Bertz CT molecular complexity index is 1400. The number of hydrogen-bond donors (Lipinski definition) is 2. The monoisotopic (exact) mass is 503 g/mol. The van der Waals surface area contributed by atoms with E-state index in [1.165, 1.54) is 0 Å². The summed E-state index contributed by atoms with van der Waals surface area (Å²) in [5, 5.41) is 4.69. The number of nitrogens with zero attached hydrogens (tertiary/aromatic N) is 1. The van der Waals surface area contributed by atoms with Crippen molar-refractivity contribution in [1.82, 2.24) is 9.88 Å². The van der Waals surface area contributed by atoms with Gasteiger partial charge in [-0.25, -0.2) is 0 Å². The third-order valence-electron chi connectivity index (χ3n) is 5.75. The van der Waals surface area contributed by atoms with Gasteiger partial charge in [0.2, 0.25) is 0 Å². The maximum absolute atomic E-state index is 13.0. The Labute approximate surface area is 215 Å². The lowest BCUT2D eigenvalue weighted by Crippen LogP contribution is -2.35. The number of H-pyrrole nitrogens is 1. The zero-order chi connectivity index (χ0) is 25.5. The minimum absolute atomic E-state index is 0.176. The van der Waals surface area contributed by atoms with E-state index >= 15 is 0 Å². The number of benzene rings is 3. The van der Waals surface area contributed by atoms with Gasteiger partial charge in [0.1, 0.15) is 17.2 Å². The minimum atomic E-state index is -0.176. The van der Waals surface area contributed by atoms with Crippen LogP contribution in [0.4, 0.5) is 5.69 Å². The number of aromatic amines is 1. The van der Waals surface area contributed by atoms with Crippen molar-refractivity contribution in [3.05, 3.63) is 94.3 Å². The second-order valence-corrected chi connectivity index (χ2v) is 8.52. The van der Waals surface area contributed by atoms with Crippen LogP contribution in [0.2, 0.25) is 0 Å². The molecule has 4 rings (SSSR count). The number of hydrogen-bond acceptors (Lipinski definition) is 5. The van der Waals surface area contributed by atoms with Crippen LogP contribution in [0, 0.1) is 0 Å². The number of nitrogens with one attached hydrogen (secondary N) is 2. The maximum atomic E-state index is 13.0. The third kappa shape index (κ3) is 5.95. The number of fused-ring (bicyclic) bond motifs is 1. The van der Waals surface area contributed by atoms with Gasteiger partial charge in [0.25, 0.3) is 5.56 Å². The summed E-state index contributed by atoms with van der Waals surface area (Å²) in [6, 6.07) is 22.9. The molecule has 186 valence electrons. The standard InChI is InChI=1S/C28H29N3O4S/c1-4-35-23-13-10-22(11-14-23)29-28(36)31(17-20-7-5-6-8-26(20)34-3)18-21-15-19-9-12-24(33-2)16-25(19)30-27(21)32/h5-16H,4,17-18H2,1-3H3,(H,29,36)(H,30,32). The molecule has 1 aromatic heterocycles. The molecule has 4 aromatic rings. The summed E-state index contributed by atoms with van der Waals surface area (Å²) in [7, 11) is 3.24. The summed E-state index contributed by atoms with van der Waals surface area (Å²) in [5.41, 5.74) is 2.92. The van der Waals surface area contributed by atoms with E-state index in [1.807, 2.05) is 84.6 Å². The molecule has 0 atom stereocenters. The molecule has 8 heteroatoms. The van der Waals surface area contributed by atoms with Crippen molar-refractivity contribution in [3.63, 3.8) is 0 Å². The van der Waals surface area contributed by atoms with Gasteiger partial charge in [-0.15, -0.1) is 0 Å². The predicted octanol–water partition coefficient (Wildman–Crippen LogP) is 5.34. The van der Waals surface area contributed by atoms with Crippen molar-refractivity contribution in [3.8, 4) is 17.2 Å². The summed E-state index contributed by atoms with van der Waals surface area (Å²) in [4.78, 5) is 17.9. The molecule has 0 radical (unpaired) electrons. The first-order valence-corrected chi connectivity index (χ1v) is 12.0. The van der Waals surface area contributed by atoms with E-state index in [1.54, 1.807) is 14.2 Å². The average molecular weight is 504 g/mol. The third-order valence-corrected chi connectivity index (χ3v) is 6.11. The second kappa shape index (κ2) is 11.6. The number of pyridine rings is 1. The van der Waals surface area contributed by atoms with Crippen LogP contribution in [-0.4, -0.2) is 35.8 Å². The summed E-state index contributed by atoms with van der Waals surface area (Å²) in [6.45, 7) is 3.30. The number of thiocarbonyl (C=S) groups is 1. The van der Waals surface area contributed by atoms with E-state index in [2.05, 4.69) is 10.3 Å². The highest BCUT2D eigenvalue weighted by atomic mass is 32.1. The summed E-state index contributed by atoms with van der Waals surface area (Å²) in [5.74, 6) is 2.23. The first-order chi connectivity index (χ1) is 17.5. The Morgan fingerprint density at radius 3 is 2.36 bits per heavy atom. The van der Waals surface area contributed by atoms with Gasteiger partial charge >= 0.3 is 0 Å². The van der Waals surface area contributed by atoms with Crippen molar-refractivity contribution >= 4 is 33.9 Å². The Morgan fingerprint density at radius 1 is 0.917 bits per heavy atom. The van der Waals surface area contributed by atoms with E-state index in [-0.39, 0.29) is 5.56 Å². The van der Waals surface area contributed by atoms with Crippen molar-refractivity contribution in [1.29, 1.82) is 0 Å². The van der Waals surface area contributed by atoms with Crippen LogP contribution in [0.3, 0.4) is 0 Å². The number of para-hydroxylation sites is 1. The van der Waals surface area contributed by atoms with Gasteiger partial charge in [0.05, 0.1) is 32.9 Å². The molecule has 0 amide bonds. The zero-order valence-electron chi connectivity index (χ0n) is 20.5. The molecule has 0 unspecified atom stereocenters. The van der Waals surface area contributed by atoms with Gasteiger partial charge < -0.3 is 29.4 Å². The van der Waals surface area contributed by atoms with Gasteiger partial charge in [-0.2, -0.15) is 0 Å². The molecule has 36 heavy (non-hydrogen) atoms. The van der Waals surface area contributed by atoms with Crippen LogP contribution in [0.1, 0.15) is 18.1 Å². The average Bonchev–Trinajstić information content (AvgIpc) is 2.89. The summed E-state index contributed by atoms with van der Waals surface area (Å²) >= 11 is 5.81. The molecule has 0 spiro atoms. The molecule has 0 saturated carbocycles. The van der Waals surface area contributed by atoms with E-state index in [4.69, 9.17) is 26.4 Å². The van der Waals surface area contributed by atoms with E-state index in [0.717, 1.165) is 33.7 Å². The Balaban J connectivity index is 1.64. The summed E-state index contributed by atoms with van der Waals surface area (Å²) in [6.07, 6.45) is 0. The van der Waals surface area contributed by atoms with Crippen LogP contribution < -0.4 is 25.1 Å². The second-order valence-electron chi connectivity index (χ2n) is 8.13. The van der Waals surface area contributed by atoms with Crippen molar-refractivity contribution < 1.29 is 14.2 Å². The molecule has 0 aliphatic rings. The molecule has 7 nitrogen and oxygen atoms in total. The highest BCUT2D eigenvalue weighted by Crippen LogP contribution is 2.23. The van der Waals surface area contributed by atoms with Gasteiger partial charge in [-0.3, -0.25) is 4.79 Å². The van der Waals surface area contributed by atoms with Crippen molar-refractivity contribution in [2.24, 2.45) is 0 Å². The van der Waals surface area contributed by atoms with E-state index < -0.39 is 0 Å². The van der Waals surface area contributed by atoms with Gasteiger partial charge in [-0.05, 0) is 73.1 Å². The zero-order valence-corrected chi connectivity index (χ0v) is 21.4. The lowest BCUT2D eigenvalue weighted by molar-refractivity contribution is 0.340. The molecule has 0 bridgehead atoms. The number of rotatable bonds is 9. The molecule has 0 aliphatic carbocycles. The number of aromatic nitrogens is 1. The molecular formula is C28H29N3O4S. The Hall–Kier alpha value is -4.04. The van der Waals surface area contributed by atoms with Crippen LogP contribution in [-0.2, 0) is 13.1 Å². The lowest BCUT2D eigenvalue weighted by Gasteiger charge is -2.27. The Morgan fingerprint density at radius 2 is 1.64 bits per heavy atom. The fourth-order valence-corrected chi connectivity index (χ4v) is 4.16. The molecule has 0 saturated heterocycles. The Kier molecular flexibility index (Phi) is 8.07. The number of ether oxygens (including phenoxy) is 3. The van der Waals surface area contributed by atoms with Gasteiger partial charge in [0.15, 0.2) is 5.11 Å². The smallest absolute Gasteiger partial charge is 0.253 e. The minimum Gasteiger partial charge on any atom is -0.497 e. The highest BCUT2D eigenvalue weighted by Gasteiger charge is 2.16. The van der Waals surface area contributed by atoms with Crippen LogP contribution in [0.25, 0.3) is 10.9 Å². The van der Waals surface area contributed by atoms with Gasteiger partial charge in [0, 0.05) is 29.4 Å². The molecule has 0 fully saturated rings. The number of methoxy groups -OCH3 is 2. The van der Waals surface area contributed by atoms with Gasteiger partial charge in [-0.1, -0.05) is 18.2 Å². The molecule has 0 aliphatic heterocycles. The lowest BCUT2D eigenvalue weighted by atomic mass is 10.1. The van der Waals surface area contributed by atoms with E-state index in [9.17, 15) is 4.79 Å². The molecule has 1 heterocycles. The normalized spacial score (nSPS) is 10.6. The van der Waals surface area contributed by atoms with Crippen LogP contribution in [0.15, 0.2) is 77.6 Å². The van der Waals surface area contributed by atoms with E-state index in [0.29, 0.717) is 36.1 Å². The largest absolute Gasteiger partial charge is 0.497 e. The summed E-state index contributed by atoms with van der Waals surface area (Å²) < 4.78 is 16.4. The first kappa shape index (κ1) is 25.1.